The van der Waals surface area contributed by atoms with Crippen molar-refractivity contribution in [3.63, 3.8) is 0 Å². The van der Waals surface area contributed by atoms with Crippen LogP contribution in [0.25, 0.3) is 0 Å². The van der Waals surface area contributed by atoms with Crippen molar-refractivity contribution in [1.29, 1.82) is 0 Å². The normalized spacial score (nSPS) is 10.4. The lowest BCUT2D eigenvalue weighted by molar-refractivity contribution is 0.286. The molecule has 0 fully saturated rings. The Hall–Kier alpha value is -1.10. The lowest BCUT2D eigenvalue weighted by Crippen LogP contribution is -2.24. The van der Waals surface area contributed by atoms with Crippen molar-refractivity contribution >= 4 is 28.9 Å². The van der Waals surface area contributed by atoms with Crippen molar-refractivity contribution in [1.82, 2.24) is 9.88 Å². The fourth-order valence-corrected chi connectivity index (χ4v) is 2.62. The number of rotatable bonds is 6. The second kappa shape index (κ2) is 8.15. The van der Waals surface area contributed by atoms with Gasteiger partial charge < -0.3 is 5.73 Å². The number of anilines is 1. The molecule has 2 aromatic rings. The van der Waals surface area contributed by atoms with Crippen LogP contribution in [0.15, 0.2) is 36.5 Å². The van der Waals surface area contributed by atoms with Gasteiger partial charge in [-0.25, -0.2) is 4.98 Å². The fourth-order valence-electron chi connectivity index (χ4n) is 1.90. The first kappa shape index (κ1) is 16.0. The molecule has 5 heteroatoms. The predicted molar refractivity (Wildman–Crippen MR) is 84.9 cm³/mol. The molecule has 3 nitrogen and oxygen atoms in total. The lowest BCUT2D eigenvalue weighted by atomic mass is 10.1. The number of nitrogens with two attached hydrogens (primary N) is 1. The summed E-state index contributed by atoms with van der Waals surface area (Å²) in [6.45, 7) is 5.25. The maximum Gasteiger partial charge on any atom is 0.180 e. The Balaban J connectivity index is 0.00000180. The highest BCUT2D eigenvalue weighted by Crippen LogP contribution is 2.16. The van der Waals surface area contributed by atoms with Gasteiger partial charge in [0, 0.05) is 24.2 Å². The van der Waals surface area contributed by atoms with E-state index in [4.69, 9.17) is 5.73 Å². The van der Waals surface area contributed by atoms with Gasteiger partial charge in [-0.05, 0) is 18.5 Å². The van der Waals surface area contributed by atoms with Gasteiger partial charge in [0.25, 0.3) is 0 Å². The van der Waals surface area contributed by atoms with Crippen LogP contribution in [0, 0.1) is 0 Å². The molecule has 2 rings (SSSR count). The van der Waals surface area contributed by atoms with Crippen LogP contribution in [0.3, 0.4) is 0 Å². The van der Waals surface area contributed by atoms with E-state index in [0.29, 0.717) is 5.13 Å². The molecule has 1 aromatic heterocycles. The zero-order valence-corrected chi connectivity index (χ0v) is 12.7. The third-order valence-corrected chi connectivity index (χ3v) is 3.77. The highest BCUT2D eigenvalue weighted by molar-refractivity contribution is 7.15. The second-order valence-corrected chi connectivity index (χ2v) is 5.42. The number of nitrogen functional groups attached to an aromatic ring is 1. The smallest absolute Gasteiger partial charge is 0.180 e. The molecular formula is C14H20ClN3S. The Kier molecular flexibility index (Phi) is 6.84. The van der Waals surface area contributed by atoms with Crippen molar-refractivity contribution in [3.8, 4) is 0 Å². The first-order valence-corrected chi connectivity index (χ1v) is 7.06. The van der Waals surface area contributed by atoms with Crippen LogP contribution in [0.1, 0.15) is 17.4 Å². The molecular weight excluding hydrogens is 278 g/mol. The van der Waals surface area contributed by atoms with Gasteiger partial charge in [-0.1, -0.05) is 37.3 Å². The Bertz CT molecular complexity index is 473. The molecule has 2 N–H and O–H groups in total. The van der Waals surface area contributed by atoms with E-state index in [9.17, 15) is 0 Å². The average molecular weight is 298 g/mol. The van der Waals surface area contributed by atoms with Crippen LogP contribution in [0.2, 0.25) is 0 Å². The summed E-state index contributed by atoms with van der Waals surface area (Å²) < 4.78 is 0. The van der Waals surface area contributed by atoms with E-state index in [0.717, 1.165) is 26.1 Å². The van der Waals surface area contributed by atoms with Crippen molar-refractivity contribution < 1.29 is 0 Å². The van der Waals surface area contributed by atoms with Gasteiger partial charge in [0.2, 0.25) is 0 Å². The Labute approximate surface area is 124 Å². The molecule has 1 aromatic carbocycles. The molecule has 0 saturated heterocycles. The Morgan fingerprint density at radius 2 is 2.00 bits per heavy atom. The monoisotopic (exact) mass is 297 g/mol. The number of hydrogen-bond donors (Lipinski definition) is 1. The van der Waals surface area contributed by atoms with Gasteiger partial charge in [0.15, 0.2) is 5.13 Å². The molecule has 1 heterocycles. The van der Waals surface area contributed by atoms with E-state index in [1.807, 2.05) is 6.20 Å². The zero-order chi connectivity index (χ0) is 12.8. The van der Waals surface area contributed by atoms with Crippen LogP contribution < -0.4 is 5.73 Å². The van der Waals surface area contributed by atoms with E-state index < -0.39 is 0 Å². The van der Waals surface area contributed by atoms with Crippen molar-refractivity contribution in [2.24, 2.45) is 0 Å². The minimum Gasteiger partial charge on any atom is -0.375 e. The van der Waals surface area contributed by atoms with Crippen LogP contribution in [0.5, 0.6) is 0 Å². The van der Waals surface area contributed by atoms with E-state index in [2.05, 4.69) is 47.1 Å². The zero-order valence-electron chi connectivity index (χ0n) is 11.1. The average Bonchev–Trinajstić information content (AvgIpc) is 2.81. The number of likely N-dealkylation sites (N-methyl/N-ethyl adjacent to an activating group) is 1. The number of benzene rings is 1. The molecule has 0 aliphatic rings. The molecule has 19 heavy (non-hydrogen) atoms. The Morgan fingerprint density at radius 3 is 2.58 bits per heavy atom. The summed E-state index contributed by atoms with van der Waals surface area (Å²) in [7, 11) is 0. The molecule has 0 unspecified atom stereocenters. The van der Waals surface area contributed by atoms with E-state index in [1.54, 1.807) is 11.3 Å². The van der Waals surface area contributed by atoms with Gasteiger partial charge in [-0.2, -0.15) is 0 Å². The van der Waals surface area contributed by atoms with Gasteiger partial charge >= 0.3 is 0 Å². The van der Waals surface area contributed by atoms with E-state index in [1.165, 1.54) is 10.4 Å². The quantitative estimate of drug-likeness (QED) is 0.890. The summed E-state index contributed by atoms with van der Waals surface area (Å²) in [6.07, 6.45) is 2.97. The van der Waals surface area contributed by atoms with Crippen LogP contribution in [-0.4, -0.2) is 23.0 Å². The van der Waals surface area contributed by atoms with Crippen molar-refractivity contribution in [2.45, 2.75) is 19.9 Å². The summed E-state index contributed by atoms with van der Waals surface area (Å²) in [6, 6.07) is 10.6. The highest BCUT2D eigenvalue weighted by atomic mass is 35.5. The Morgan fingerprint density at radius 1 is 1.26 bits per heavy atom. The predicted octanol–water partition coefficient (Wildman–Crippen LogP) is 3.21. The second-order valence-electron chi connectivity index (χ2n) is 4.27. The fraction of sp³-hybridized carbons (Fsp3) is 0.357. The lowest BCUT2D eigenvalue weighted by Gasteiger charge is -2.19. The topological polar surface area (TPSA) is 42.2 Å². The highest BCUT2D eigenvalue weighted by Gasteiger charge is 2.06. The summed E-state index contributed by atoms with van der Waals surface area (Å²) >= 11 is 1.58. The third kappa shape index (κ3) is 5.19. The summed E-state index contributed by atoms with van der Waals surface area (Å²) in [4.78, 5) is 7.75. The van der Waals surface area contributed by atoms with Crippen LogP contribution in [0.4, 0.5) is 5.13 Å². The number of nitrogens with zero attached hydrogens (tertiary/aromatic N) is 2. The molecule has 0 spiro atoms. The van der Waals surface area contributed by atoms with E-state index in [-0.39, 0.29) is 12.4 Å². The molecule has 0 radical (unpaired) electrons. The van der Waals surface area contributed by atoms with Crippen LogP contribution in [-0.2, 0) is 13.0 Å². The van der Waals surface area contributed by atoms with Gasteiger partial charge in [-0.3, -0.25) is 4.90 Å². The first-order valence-electron chi connectivity index (χ1n) is 6.24. The standard InChI is InChI=1S/C14H19N3S.ClH/c1-2-17(11-13-10-16-14(15)18-13)9-8-12-6-4-3-5-7-12;/h3-7,10H,2,8-9,11H2,1H3,(H2,15,16);1H. The molecule has 0 amide bonds. The molecule has 0 bridgehead atoms. The molecule has 0 aliphatic carbocycles. The molecule has 0 atom stereocenters. The molecule has 104 valence electrons. The largest absolute Gasteiger partial charge is 0.375 e. The van der Waals surface area contributed by atoms with Crippen LogP contribution >= 0.6 is 23.7 Å². The summed E-state index contributed by atoms with van der Waals surface area (Å²) in [5.41, 5.74) is 7.04. The SMILES string of the molecule is CCN(CCc1ccccc1)Cc1cnc(N)s1.Cl. The summed E-state index contributed by atoms with van der Waals surface area (Å²) in [5, 5.41) is 0.657. The maximum atomic E-state index is 5.65. The minimum atomic E-state index is 0. The molecule has 0 saturated carbocycles. The van der Waals surface area contributed by atoms with Gasteiger partial charge in [-0.15, -0.1) is 23.7 Å². The number of halogens is 1. The minimum absolute atomic E-state index is 0. The number of aromatic nitrogens is 1. The van der Waals surface area contributed by atoms with Gasteiger partial charge in [0.05, 0.1) is 0 Å². The van der Waals surface area contributed by atoms with E-state index >= 15 is 0 Å². The summed E-state index contributed by atoms with van der Waals surface area (Å²) in [5.74, 6) is 0. The van der Waals surface area contributed by atoms with Crippen molar-refractivity contribution in [3.05, 3.63) is 47.0 Å². The maximum absolute atomic E-state index is 5.65. The number of thiazole rings is 1. The number of hydrogen-bond acceptors (Lipinski definition) is 4. The molecule has 0 aliphatic heterocycles. The first-order chi connectivity index (χ1) is 8.78. The van der Waals surface area contributed by atoms with Crippen molar-refractivity contribution in [2.75, 3.05) is 18.8 Å². The van der Waals surface area contributed by atoms with Gasteiger partial charge in [0.1, 0.15) is 0 Å². The third-order valence-electron chi connectivity index (χ3n) is 2.96.